The normalized spacial score (nSPS) is 18.2. The third kappa shape index (κ3) is 3.38. The highest BCUT2D eigenvalue weighted by Gasteiger charge is 2.15. The van der Waals surface area contributed by atoms with Gasteiger partial charge in [-0.1, -0.05) is 24.4 Å². The second-order valence-electron chi connectivity index (χ2n) is 3.81. The summed E-state index contributed by atoms with van der Waals surface area (Å²) >= 11 is 7.53. The van der Waals surface area contributed by atoms with Crippen LogP contribution in [0.25, 0.3) is 0 Å². The van der Waals surface area contributed by atoms with Gasteiger partial charge in [0.2, 0.25) is 5.89 Å². The number of rotatable bonds is 4. The van der Waals surface area contributed by atoms with Crippen molar-refractivity contribution in [1.29, 1.82) is 0 Å². The summed E-state index contributed by atoms with van der Waals surface area (Å²) in [4.78, 5) is 4.18. The van der Waals surface area contributed by atoms with Crippen LogP contribution in [0, 0.1) is 0 Å². The third-order valence-corrected chi connectivity index (χ3v) is 4.22. The smallest absolute Gasteiger partial charge is 0.241 e. The van der Waals surface area contributed by atoms with Crippen LogP contribution in [-0.4, -0.2) is 15.4 Å². The molecule has 1 aromatic heterocycles. The first-order chi connectivity index (χ1) is 7.38. The molecule has 0 bridgehead atoms. The predicted molar refractivity (Wildman–Crippen MR) is 62.0 cm³/mol. The summed E-state index contributed by atoms with van der Waals surface area (Å²) in [7, 11) is 0. The van der Waals surface area contributed by atoms with E-state index in [9.17, 15) is 0 Å². The highest BCUT2D eigenvalue weighted by molar-refractivity contribution is 7.99. The molecule has 0 spiro atoms. The molecule has 84 valence electrons. The van der Waals surface area contributed by atoms with Gasteiger partial charge in [-0.3, -0.25) is 0 Å². The van der Waals surface area contributed by atoms with Crippen LogP contribution in [0.3, 0.4) is 0 Å². The standard InChI is InChI=1S/C10H15ClN2OS/c11-6-10-12-9(13-14-10)7-15-8-4-2-1-3-5-8/h8H,1-7H2. The number of thioether (sulfide) groups is 1. The molecular formula is C10H15ClN2OS. The van der Waals surface area contributed by atoms with E-state index < -0.39 is 0 Å². The topological polar surface area (TPSA) is 38.9 Å². The van der Waals surface area contributed by atoms with Crippen LogP contribution >= 0.6 is 23.4 Å². The Bertz CT molecular complexity index is 299. The molecule has 0 saturated heterocycles. The van der Waals surface area contributed by atoms with Crippen molar-refractivity contribution in [3.63, 3.8) is 0 Å². The van der Waals surface area contributed by atoms with E-state index in [1.165, 1.54) is 32.1 Å². The fraction of sp³-hybridized carbons (Fsp3) is 0.800. The van der Waals surface area contributed by atoms with E-state index in [0.29, 0.717) is 11.8 Å². The van der Waals surface area contributed by atoms with Crippen molar-refractivity contribution < 1.29 is 4.52 Å². The summed E-state index contributed by atoms with van der Waals surface area (Å²) in [5.41, 5.74) is 0. The zero-order valence-electron chi connectivity index (χ0n) is 8.62. The Morgan fingerprint density at radius 3 is 2.80 bits per heavy atom. The van der Waals surface area contributed by atoms with Crippen molar-refractivity contribution >= 4 is 23.4 Å². The van der Waals surface area contributed by atoms with Crippen LogP contribution in [0.5, 0.6) is 0 Å². The van der Waals surface area contributed by atoms with E-state index in [4.69, 9.17) is 16.1 Å². The maximum Gasteiger partial charge on any atom is 0.241 e. The van der Waals surface area contributed by atoms with E-state index in [-0.39, 0.29) is 0 Å². The average molecular weight is 247 g/mol. The van der Waals surface area contributed by atoms with Crippen LogP contribution in [0.15, 0.2) is 4.52 Å². The Labute approximate surface area is 99.0 Å². The van der Waals surface area contributed by atoms with Gasteiger partial charge in [0.05, 0.1) is 5.75 Å². The molecular weight excluding hydrogens is 232 g/mol. The molecule has 0 unspecified atom stereocenters. The van der Waals surface area contributed by atoms with E-state index >= 15 is 0 Å². The van der Waals surface area contributed by atoms with Gasteiger partial charge in [-0.05, 0) is 12.8 Å². The number of halogens is 1. The second-order valence-corrected chi connectivity index (χ2v) is 5.36. The maximum atomic E-state index is 5.59. The lowest BCUT2D eigenvalue weighted by atomic mass is 10.0. The fourth-order valence-electron chi connectivity index (χ4n) is 1.83. The number of nitrogens with zero attached hydrogens (tertiary/aromatic N) is 2. The molecule has 2 rings (SSSR count). The van der Waals surface area contributed by atoms with Gasteiger partial charge >= 0.3 is 0 Å². The van der Waals surface area contributed by atoms with Gasteiger partial charge in [0.1, 0.15) is 5.88 Å². The number of hydrogen-bond donors (Lipinski definition) is 0. The van der Waals surface area contributed by atoms with E-state index in [2.05, 4.69) is 10.1 Å². The molecule has 5 heteroatoms. The molecule has 0 amide bonds. The van der Waals surface area contributed by atoms with Crippen LogP contribution in [0.1, 0.15) is 43.8 Å². The molecule has 1 aliphatic carbocycles. The fourth-order valence-corrected chi connectivity index (χ4v) is 3.10. The van der Waals surface area contributed by atoms with Crippen LogP contribution in [0.4, 0.5) is 0 Å². The molecule has 3 nitrogen and oxygen atoms in total. The minimum atomic E-state index is 0.307. The lowest BCUT2D eigenvalue weighted by Gasteiger charge is -2.19. The number of aromatic nitrogens is 2. The van der Waals surface area contributed by atoms with Crippen molar-refractivity contribution in [3.8, 4) is 0 Å². The van der Waals surface area contributed by atoms with Gasteiger partial charge in [-0.25, -0.2) is 0 Å². The van der Waals surface area contributed by atoms with Crippen molar-refractivity contribution in [3.05, 3.63) is 11.7 Å². The predicted octanol–water partition coefficient (Wildman–Crippen LogP) is 3.37. The monoisotopic (exact) mass is 246 g/mol. The Kier molecular flexibility index (Phi) is 4.32. The highest BCUT2D eigenvalue weighted by Crippen LogP contribution is 2.29. The summed E-state index contributed by atoms with van der Waals surface area (Å²) in [6.45, 7) is 0. The van der Waals surface area contributed by atoms with Crippen molar-refractivity contribution in [2.75, 3.05) is 0 Å². The van der Waals surface area contributed by atoms with Gasteiger partial charge < -0.3 is 4.52 Å². The molecule has 0 radical (unpaired) electrons. The zero-order chi connectivity index (χ0) is 10.5. The molecule has 0 N–H and O–H groups in total. The molecule has 1 aliphatic rings. The number of alkyl halides is 1. The van der Waals surface area contributed by atoms with Gasteiger partial charge in [0.15, 0.2) is 5.82 Å². The Hall–Kier alpha value is -0.220. The largest absolute Gasteiger partial charge is 0.338 e. The third-order valence-electron chi connectivity index (χ3n) is 2.62. The molecule has 15 heavy (non-hydrogen) atoms. The molecule has 1 aromatic rings. The Morgan fingerprint density at radius 2 is 2.13 bits per heavy atom. The van der Waals surface area contributed by atoms with E-state index in [0.717, 1.165) is 16.8 Å². The van der Waals surface area contributed by atoms with Gasteiger partial charge in [0, 0.05) is 5.25 Å². The van der Waals surface area contributed by atoms with E-state index in [1.54, 1.807) is 0 Å². The summed E-state index contributed by atoms with van der Waals surface area (Å²) in [6, 6.07) is 0. The van der Waals surface area contributed by atoms with Crippen molar-refractivity contribution in [2.45, 2.75) is 49.0 Å². The maximum absolute atomic E-state index is 5.59. The van der Waals surface area contributed by atoms with Crippen molar-refractivity contribution in [1.82, 2.24) is 10.1 Å². The molecule has 1 fully saturated rings. The molecule has 0 aliphatic heterocycles. The summed E-state index contributed by atoms with van der Waals surface area (Å²) < 4.78 is 4.95. The lowest BCUT2D eigenvalue weighted by molar-refractivity contribution is 0.386. The Balaban J connectivity index is 1.76. The minimum Gasteiger partial charge on any atom is -0.338 e. The van der Waals surface area contributed by atoms with Gasteiger partial charge in [0.25, 0.3) is 0 Å². The van der Waals surface area contributed by atoms with E-state index in [1.807, 2.05) is 11.8 Å². The SMILES string of the molecule is ClCc1nc(CSC2CCCCC2)no1. The molecule has 0 atom stereocenters. The zero-order valence-corrected chi connectivity index (χ0v) is 10.2. The summed E-state index contributed by atoms with van der Waals surface area (Å²) in [5.74, 6) is 2.46. The molecule has 1 heterocycles. The first kappa shape index (κ1) is 11.3. The van der Waals surface area contributed by atoms with Gasteiger partial charge in [-0.2, -0.15) is 16.7 Å². The first-order valence-electron chi connectivity index (χ1n) is 5.37. The molecule has 0 aromatic carbocycles. The Morgan fingerprint density at radius 1 is 1.33 bits per heavy atom. The summed E-state index contributed by atoms with van der Waals surface area (Å²) in [6.07, 6.45) is 6.82. The van der Waals surface area contributed by atoms with Crippen LogP contribution < -0.4 is 0 Å². The van der Waals surface area contributed by atoms with Crippen LogP contribution in [0.2, 0.25) is 0 Å². The highest BCUT2D eigenvalue weighted by atomic mass is 35.5. The number of hydrogen-bond acceptors (Lipinski definition) is 4. The summed E-state index contributed by atoms with van der Waals surface area (Å²) in [5, 5.41) is 4.67. The second kappa shape index (κ2) is 5.75. The minimum absolute atomic E-state index is 0.307. The van der Waals surface area contributed by atoms with Crippen LogP contribution in [-0.2, 0) is 11.6 Å². The average Bonchev–Trinajstić information content (AvgIpc) is 2.76. The lowest BCUT2D eigenvalue weighted by Crippen LogP contribution is -2.08. The first-order valence-corrected chi connectivity index (χ1v) is 6.96. The molecule has 1 saturated carbocycles. The van der Waals surface area contributed by atoms with Crippen molar-refractivity contribution in [2.24, 2.45) is 0 Å². The van der Waals surface area contributed by atoms with Gasteiger partial charge in [-0.15, -0.1) is 11.6 Å². The quantitative estimate of drug-likeness (QED) is 0.764.